The van der Waals surface area contributed by atoms with E-state index in [1.54, 1.807) is 19.2 Å². The SMILES string of the molecule is COc1ccc(NC(=O)N2CCC(c3ccc(O)cc3)CC2)cc1OCCN(C(C)C)C(C)C. The predicted molar refractivity (Wildman–Crippen MR) is 136 cm³/mol. The molecular weight excluding hydrogens is 430 g/mol. The molecule has 1 aliphatic rings. The summed E-state index contributed by atoms with van der Waals surface area (Å²) in [4.78, 5) is 17.1. The van der Waals surface area contributed by atoms with Crippen molar-refractivity contribution in [3.63, 3.8) is 0 Å². The maximum Gasteiger partial charge on any atom is 0.321 e. The van der Waals surface area contributed by atoms with Crippen LogP contribution in [0.4, 0.5) is 10.5 Å². The van der Waals surface area contributed by atoms with Crippen LogP contribution in [-0.2, 0) is 0 Å². The van der Waals surface area contributed by atoms with E-state index in [0.717, 1.165) is 19.4 Å². The fourth-order valence-corrected chi connectivity index (χ4v) is 4.61. The number of phenolic OH excluding ortho intramolecular Hbond substituents is 1. The normalized spacial score (nSPS) is 14.6. The first-order valence-electron chi connectivity index (χ1n) is 12.2. The Bertz CT molecular complexity index is 914. The number of benzene rings is 2. The maximum absolute atomic E-state index is 12.9. The van der Waals surface area contributed by atoms with Gasteiger partial charge in [-0.2, -0.15) is 0 Å². The summed E-state index contributed by atoms with van der Waals surface area (Å²) in [6.07, 6.45) is 1.80. The highest BCUT2D eigenvalue weighted by Crippen LogP contribution is 2.32. The Morgan fingerprint density at radius 2 is 1.71 bits per heavy atom. The molecule has 0 bridgehead atoms. The van der Waals surface area contributed by atoms with Crippen LogP contribution >= 0.6 is 0 Å². The Labute approximate surface area is 203 Å². The number of ether oxygens (including phenoxy) is 2. The molecule has 0 saturated carbocycles. The van der Waals surface area contributed by atoms with Crippen LogP contribution in [0, 0.1) is 0 Å². The molecule has 0 radical (unpaired) electrons. The third-order valence-electron chi connectivity index (χ3n) is 6.50. The van der Waals surface area contributed by atoms with Gasteiger partial charge in [0.1, 0.15) is 12.4 Å². The number of nitrogens with zero attached hydrogens (tertiary/aromatic N) is 2. The third kappa shape index (κ3) is 6.79. The van der Waals surface area contributed by atoms with Gasteiger partial charge in [-0.15, -0.1) is 0 Å². The van der Waals surface area contributed by atoms with Crippen molar-refractivity contribution in [3.8, 4) is 17.2 Å². The van der Waals surface area contributed by atoms with Gasteiger partial charge in [-0.05, 0) is 76.3 Å². The van der Waals surface area contributed by atoms with Gasteiger partial charge in [0.25, 0.3) is 0 Å². The second-order valence-corrected chi connectivity index (χ2v) is 9.42. The Morgan fingerprint density at radius 3 is 2.29 bits per heavy atom. The molecule has 34 heavy (non-hydrogen) atoms. The van der Waals surface area contributed by atoms with E-state index in [9.17, 15) is 9.90 Å². The highest BCUT2D eigenvalue weighted by atomic mass is 16.5. The molecule has 2 amide bonds. The van der Waals surface area contributed by atoms with E-state index in [1.165, 1.54) is 5.56 Å². The van der Waals surface area contributed by atoms with Crippen LogP contribution < -0.4 is 14.8 Å². The van der Waals surface area contributed by atoms with Crippen molar-refractivity contribution in [1.82, 2.24) is 9.80 Å². The topological polar surface area (TPSA) is 74.3 Å². The molecule has 0 spiro atoms. The molecule has 2 aromatic rings. The van der Waals surface area contributed by atoms with Gasteiger partial charge in [0.15, 0.2) is 11.5 Å². The lowest BCUT2D eigenvalue weighted by Crippen LogP contribution is -2.40. The van der Waals surface area contributed by atoms with Crippen molar-refractivity contribution >= 4 is 11.7 Å². The molecule has 7 heteroatoms. The summed E-state index contributed by atoms with van der Waals surface area (Å²) < 4.78 is 11.5. The number of rotatable bonds is 9. The van der Waals surface area contributed by atoms with Gasteiger partial charge < -0.3 is 24.8 Å². The summed E-state index contributed by atoms with van der Waals surface area (Å²) in [6, 6.07) is 13.6. The van der Waals surface area contributed by atoms with Crippen LogP contribution in [0.3, 0.4) is 0 Å². The molecule has 0 aromatic heterocycles. The number of piperidine rings is 1. The number of carbonyl (C=O) groups is 1. The molecule has 1 heterocycles. The van der Waals surface area contributed by atoms with Crippen LogP contribution in [0.25, 0.3) is 0 Å². The second-order valence-electron chi connectivity index (χ2n) is 9.42. The van der Waals surface area contributed by atoms with Crippen molar-refractivity contribution in [2.24, 2.45) is 0 Å². The van der Waals surface area contributed by atoms with Crippen LogP contribution in [0.2, 0.25) is 0 Å². The Kier molecular flexibility index (Phi) is 9.05. The second kappa shape index (κ2) is 12.0. The van der Waals surface area contributed by atoms with E-state index < -0.39 is 0 Å². The van der Waals surface area contributed by atoms with E-state index >= 15 is 0 Å². The first-order chi connectivity index (χ1) is 16.3. The minimum atomic E-state index is -0.105. The molecular formula is C27H39N3O4. The number of carbonyl (C=O) groups excluding carboxylic acids is 1. The standard InChI is InChI=1S/C27H39N3O4/c1-19(2)30(20(3)4)16-17-34-26-18-23(8-11-25(26)33-5)28-27(32)29-14-12-22(13-15-29)21-6-9-24(31)10-7-21/h6-11,18-20,22,31H,12-17H2,1-5H3,(H,28,32). The molecule has 0 aliphatic carbocycles. The monoisotopic (exact) mass is 469 g/mol. The van der Waals surface area contributed by atoms with Crippen molar-refractivity contribution in [1.29, 1.82) is 0 Å². The number of urea groups is 1. The quantitative estimate of drug-likeness (QED) is 0.521. The number of amides is 2. The molecule has 7 nitrogen and oxygen atoms in total. The minimum absolute atomic E-state index is 0.105. The van der Waals surface area contributed by atoms with Gasteiger partial charge in [0, 0.05) is 43.5 Å². The van der Waals surface area contributed by atoms with Gasteiger partial charge >= 0.3 is 6.03 Å². The van der Waals surface area contributed by atoms with Gasteiger partial charge in [-0.25, -0.2) is 4.79 Å². The Morgan fingerprint density at radius 1 is 1.06 bits per heavy atom. The summed E-state index contributed by atoms with van der Waals surface area (Å²) >= 11 is 0. The van der Waals surface area contributed by atoms with E-state index in [2.05, 4.69) is 37.9 Å². The molecule has 2 N–H and O–H groups in total. The summed E-state index contributed by atoms with van der Waals surface area (Å²) in [5.74, 6) is 1.95. The van der Waals surface area contributed by atoms with Crippen LogP contribution in [0.5, 0.6) is 17.2 Å². The molecule has 1 saturated heterocycles. The molecule has 0 atom stereocenters. The average molecular weight is 470 g/mol. The lowest BCUT2D eigenvalue weighted by molar-refractivity contribution is 0.140. The lowest BCUT2D eigenvalue weighted by Gasteiger charge is -2.32. The predicted octanol–water partition coefficient (Wildman–Crippen LogP) is 5.31. The molecule has 186 valence electrons. The average Bonchev–Trinajstić information content (AvgIpc) is 2.82. The van der Waals surface area contributed by atoms with Crippen molar-refractivity contribution in [2.75, 3.05) is 38.7 Å². The first-order valence-corrected chi connectivity index (χ1v) is 12.2. The van der Waals surface area contributed by atoms with Crippen molar-refractivity contribution in [2.45, 2.75) is 58.5 Å². The summed E-state index contributed by atoms with van der Waals surface area (Å²) in [5, 5.41) is 12.5. The van der Waals surface area contributed by atoms with Crippen LogP contribution in [0.1, 0.15) is 52.0 Å². The number of hydrogen-bond acceptors (Lipinski definition) is 5. The number of aromatic hydroxyl groups is 1. The summed E-state index contributed by atoms with van der Waals surface area (Å²) in [7, 11) is 1.62. The number of methoxy groups -OCH3 is 1. The zero-order chi connectivity index (χ0) is 24.7. The molecule has 1 aliphatic heterocycles. The zero-order valence-electron chi connectivity index (χ0n) is 21.1. The highest BCUT2D eigenvalue weighted by Gasteiger charge is 2.24. The number of hydrogen-bond donors (Lipinski definition) is 2. The molecule has 2 aromatic carbocycles. The minimum Gasteiger partial charge on any atom is -0.508 e. The molecule has 3 rings (SSSR count). The highest BCUT2D eigenvalue weighted by molar-refractivity contribution is 5.89. The summed E-state index contributed by atoms with van der Waals surface area (Å²) in [5.41, 5.74) is 1.90. The number of anilines is 1. The van der Waals surface area contributed by atoms with Gasteiger partial charge in [-0.3, -0.25) is 4.90 Å². The van der Waals surface area contributed by atoms with Crippen LogP contribution in [-0.4, -0.2) is 66.4 Å². The summed E-state index contributed by atoms with van der Waals surface area (Å²) in [6.45, 7) is 11.5. The number of nitrogens with one attached hydrogen (secondary N) is 1. The maximum atomic E-state index is 12.9. The number of phenols is 1. The fraction of sp³-hybridized carbons (Fsp3) is 0.519. The van der Waals surface area contributed by atoms with E-state index in [1.807, 2.05) is 35.2 Å². The lowest BCUT2D eigenvalue weighted by atomic mass is 9.89. The zero-order valence-corrected chi connectivity index (χ0v) is 21.1. The Hall–Kier alpha value is -2.93. The molecule has 0 unspecified atom stereocenters. The van der Waals surface area contributed by atoms with Crippen molar-refractivity contribution in [3.05, 3.63) is 48.0 Å². The van der Waals surface area contributed by atoms with E-state index in [0.29, 0.717) is 54.9 Å². The first kappa shape index (κ1) is 25.7. The van der Waals surface area contributed by atoms with E-state index in [4.69, 9.17) is 9.47 Å². The largest absolute Gasteiger partial charge is 0.508 e. The fourth-order valence-electron chi connectivity index (χ4n) is 4.61. The van der Waals surface area contributed by atoms with Gasteiger partial charge in [-0.1, -0.05) is 12.1 Å². The Balaban J connectivity index is 1.55. The van der Waals surface area contributed by atoms with Gasteiger partial charge in [0.2, 0.25) is 0 Å². The van der Waals surface area contributed by atoms with Gasteiger partial charge in [0.05, 0.1) is 7.11 Å². The third-order valence-corrected chi connectivity index (χ3v) is 6.50. The number of likely N-dealkylation sites (tertiary alicyclic amines) is 1. The van der Waals surface area contributed by atoms with E-state index in [-0.39, 0.29) is 11.8 Å². The van der Waals surface area contributed by atoms with Crippen LogP contribution in [0.15, 0.2) is 42.5 Å². The van der Waals surface area contributed by atoms with Crippen molar-refractivity contribution < 1.29 is 19.4 Å². The molecule has 1 fully saturated rings. The smallest absolute Gasteiger partial charge is 0.321 e.